The average molecular weight is 263 g/mol. The Morgan fingerprint density at radius 1 is 1.39 bits per heavy atom. The Hall–Kier alpha value is -1.60. The van der Waals surface area contributed by atoms with Gasteiger partial charge in [-0.1, -0.05) is 24.9 Å². The fraction of sp³-hybridized carbons (Fsp3) is 0.462. The van der Waals surface area contributed by atoms with Crippen LogP contribution in [0.1, 0.15) is 42.3 Å². The fourth-order valence-corrected chi connectivity index (χ4v) is 2.45. The maximum atomic E-state index is 9.29. The van der Waals surface area contributed by atoms with Gasteiger partial charge in [0.05, 0.1) is 0 Å². The number of nitrogens with zero attached hydrogens (tertiary/aromatic N) is 4. The van der Waals surface area contributed by atoms with E-state index >= 15 is 0 Å². The molecule has 4 nitrogen and oxygen atoms in total. The summed E-state index contributed by atoms with van der Waals surface area (Å²) in [4.78, 5) is 4.27. The molecule has 0 N–H and O–H groups in total. The summed E-state index contributed by atoms with van der Waals surface area (Å²) in [5, 5.41) is 14.1. The Bertz CT molecular complexity index is 637. The van der Waals surface area contributed by atoms with E-state index in [1.165, 1.54) is 0 Å². The lowest BCUT2D eigenvalue weighted by Crippen LogP contribution is -2.03. The second kappa shape index (κ2) is 4.95. The molecule has 0 fully saturated rings. The first-order valence-corrected chi connectivity index (χ1v) is 6.42. The molecule has 0 spiro atoms. The molecule has 5 heteroatoms. The molecule has 0 bridgehead atoms. The van der Waals surface area contributed by atoms with Crippen LogP contribution in [-0.4, -0.2) is 14.6 Å². The lowest BCUT2D eigenvalue weighted by molar-refractivity contribution is 0.780. The summed E-state index contributed by atoms with van der Waals surface area (Å²) in [5.41, 5.74) is 3.06. The number of hydrogen-bond acceptors (Lipinski definition) is 3. The summed E-state index contributed by atoms with van der Waals surface area (Å²) in [6.45, 7) is 5.86. The maximum Gasteiger partial charge on any atom is 0.175 e. The second-order valence-electron chi connectivity index (χ2n) is 4.38. The highest BCUT2D eigenvalue weighted by molar-refractivity contribution is 6.30. The SMILES string of the molecule is CCCCc1c(C)c(C#N)c2nc(C)nn2c1Cl. The van der Waals surface area contributed by atoms with E-state index < -0.39 is 0 Å². The molecule has 94 valence electrons. The topological polar surface area (TPSA) is 54.0 Å². The van der Waals surface area contributed by atoms with E-state index in [-0.39, 0.29) is 0 Å². The van der Waals surface area contributed by atoms with Gasteiger partial charge in [0.25, 0.3) is 0 Å². The molecule has 2 aromatic rings. The van der Waals surface area contributed by atoms with Gasteiger partial charge in [0.1, 0.15) is 22.6 Å². The molecule has 2 rings (SSSR count). The monoisotopic (exact) mass is 262 g/mol. The minimum absolute atomic E-state index is 0.553. The van der Waals surface area contributed by atoms with Gasteiger partial charge in [0, 0.05) is 0 Å². The van der Waals surface area contributed by atoms with Gasteiger partial charge >= 0.3 is 0 Å². The van der Waals surface area contributed by atoms with Crippen LogP contribution in [0.5, 0.6) is 0 Å². The number of pyridine rings is 1. The van der Waals surface area contributed by atoms with Crippen LogP contribution in [0.15, 0.2) is 0 Å². The van der Waals surface area contributed by atoms with E-state index in [1.807, 2.05) is 6.92 Å². The van der Waals surface area contributed by atoms with Gasteiger partial charge in [0.2, 0.25) is 0 Å². The summed E-state index contributed by atoms with van der Waals surface area (Å²) >= 11 is 6.38. The summed E-state index contributed by atoms with van der Waals surface area (Å²) in [6.07, 6.45) is 3.00. The van der Waals surface area contributed by atoms with Crippen molar-refractivity contribution in [2.24, 2.45) is 0 Å². The number of hydrogen-bond donors (Lipinski definition) is 0. The Morgan fingerprint density at radius 2 is 2.11 bits per heavy atom. The van der Waals surface area contributed by atoms with Crippen molar-refractivity contribution in [2.75, 3.05) is 0 Å². The van der Waals surface area contributed by atoms with Gasteiger partial charge in [-0.15, -0.1) is 0 Å². The minimum Gasteiger partial charge on any atom is -0.211 e. The van der Waals surface area contributed by atoms with Gasteiger partial charge in [0.15, 0.2) is 5.65 Å². The zero-order valence-corrected chi connectivity index (χ0v) is 11.5. The van der Waals surface area contributed by atoms with Crippen molar-refractivity contribution in [3.63, 3.8) is 0 Å². The Labute approximate surface area is 111 Å². The molecule has 0 aliphatic carbocycles. The van der Waals surface area contributed by atoms with Crippen LogP contribution < -0.4 is 0 Å². The molecule has 2 heterocycles. The summed E-state index contributed by atoms with van der Waals surface area (Å²) in [5.74, 6) is 0.625. The highest BCUT2D eigenvalue weighted by atomic mass is 35.5. The summed E-state index contributed by atoms with van der Waals surface area (Å²) < 4.78 is 1.58. The lowest BCUT2D eigenvalue weighted by Gasteiger charge is -2.11. The highest BCUT2D eigenvalue weighted by Gasteiger charge is 2.17. The van der Waals surface area contributed by atoms with Gasteiger partial charge < -0.3 is 0 Å². The number of aromatic nitrogens is 3. The number of fused-ring (bicyclic) bond motifs is 1. The minimum atomic E-state index is 0.553. The Morgan fingerprint density at radius 3 is 2.72 bits per heavy atom. The Balaban J connectivity index is 2.75. The second-order valence-corrected chi connectivity index (χ2v) is 4.74. The molecule has 0 saturated carbocycles. The molecule has 0 unspecified atom stereocenters. The van der Waals surface area contributed by atoms with Crippen LogP contribution in [-0.2, 0) is 6.42 Å². The predicted octanol–water partition coefficient (Wildman–Crippen LogP) is 3.21. The maximum absolute atomic E-state index is 9.29. The van der Waals surface area contributed by atoms with Crippen molar-refractivity contribution in [2.45, 2.75) is 40.0 Å². The molecular weight excluding hydrogens is 248 g/mol. The first kappa shape index (κ1) is 12.8. The molecule has 0 radical (unpaired) electrons. The molecule has 0 aliphatic heterocycles. The van der Waals surface area contributed by atoms with Gasteiger partial charge in [-0.25, -0.2) is 9.50 Å². The van der Waals surface area contributed by atoms with Gasteiger partial charge in [-0.05, 0) is 37.8 Å². The third-order valence-corrected chi connectivity index (χ3v) is 3.48. The number of nitriles is 1. The van der Waals surface area contributed by atoms with Crippen LogP contribution in [0, 0.1) is 25.2 Å². The normalized spacial score (nSPS) is 10.8. The van der Waals surface area contributed by atoms with Crippen LogP contribution >= 0.6 is 11.6 Å². The molecule has 0 aliphatic rings. The zero-order valence-electron chi connectivity index (χ0n) is 10.8. The van der Waals surface area contributed by atoms with Crippen LogP contribution in [0.25, 0.3) is 5.65 Å². The molecule has 0 atom stereocenters. The molecular formula is C13H15ClN4. The van der Waals surface area contributed by atoms with Crippen molar-refractivity contribution in [3.05, 3.63) is 27.7 Å². The van der Waals surface area contributed by atoms with Crippen molar-refractivity contribution >= 4 is 17.2 Å². The quantitative estimate of drug-likeness (QED) is 0.798. The van der Waals surface area contributed by atoms with Crippen molar-refractivity contribution < 1.29 is 0 Å². The van der Waals surface area contributed by atoms with E-state index in [0.29, 0.717) is 22.2 Å². The van der Waals surface area contributed by atoms with E-state index in [1.54, 1.807) is 11.4 Å². The standard InChI is InChI=1S/C13H15ClN4/c1-4-5-6-10-8(2)11(7-15)13-16-9(3)17-18(13)12(10)14/h4-6H2,1-3H3. The summed E-state index contributed by atoms with van der Waals surface area (Å²) in [6, 6.07) is 2.21. The molecule has 18 heavy (non-hydrogen) atoms. The van der Waals surface area contributed by atoms with Crippen LogP contribution in [0.4, 0.5) is 0 Å². The number of halogens is 1. The van der Waals surface area contributed by atoms with Gasteiger partial charge in [-0.2, -0.15) is 10.4 Å². The largest absolute Gasteiger partial charge is 0.211 e. The zero-order chi connectivity index (χ0) is 13.3. The van der Waals surface area contributed by atoms with E-state index in [0.717, 1.165) is 30.4 Å². The van der Waals surface area contributed by atoms with Crippen LogP contribution in [0.2, 0.25) is 5.15 Å². The first-order chi connectivity index (χ1) is 8.60. The highest BCUT2D eigenvalue weighted by Crippen LogP contribution is 2.27. The molecule has 0 aromatic carbocycles. The van der Waals surface area contributed by atoms with E-state index in [9.17, 15) is 5.26 Å². The number of unbranched alkanes of at least 4 members (excludes halogenated alkanes) is 1. The number of rotatable bonds is 3. The average Bonchev–Trinajstić information content (AvgIpc) is 2.72. The third-order valence-electron chi connectivity index (χ3n) is 3.09. The van der Waals surface area contributed by atoms with Crippen molar-refractivity contribution in [1.82, 2.24) is 14.6 Å². The lowest BCUT2D eigenvalue weighted by atomic mass is 10.0. The van der Waals surface area contributed by atoms with Crippen LogP contribution in [0.3, 0.4) is 0 Å². The summed E-state index contributed by atoms with van der Waals surface area (Å²) in [7, 11) is 0. The predicted molar refractivity (Wildman–Crippen MR) is 70.8 cm³/mol. The first-order valence-electron chi connectivity index (χ1n) is 6.04. The third kappa shape index (κ3) is 1.95. The van der Waals surface area contributed by atoms with Crippen molar-refractivity contribution in [1.29, 1.82) is 5.26 Å². The fourth-order valence-electron chi connectivity index (χ4n) is 2.09. The molecule has 0 amide bonds. The molecule has 2 aromatic heterocycles. The van der Waals surface area contributed by atoms with Gasteiger partial charge in [-0.3, -0.25) is 0 Å². The van der Waals surface area contributed by atoms with Crippen molar-refractivity contribution in [3.8, 4) is 6.07 Å². The number of aryl methyl sites for hydroxylation is 1. The molecule has 0 saturated heterocycles. The smallest absolute Gasteiger partial charge is 0.175 e. The Kier molecular flexibility index (Phi) is 3.53. The van der Waals surface area contributed by atoms with E-state index in [2.05, 4.69) is 23.1 Å². The van der Waals surface area contributed by atoms with E-state index in [4.69, 9.17) is 11.6 Å².